The van der Waals surface area contributed by atoms with Gasteiger partial charge in [0.2, 0.25) is 0 Å². The number of amides is 1. The Kier molecular flexibility index (Phi) is 4.40. The van der Waals surface area contributed by atoms with Gasteiger partial charge in [0.25, 0.3) is 5.91 Å². The minimum Gasteiger partial charge on any atom is -0.349 e. The van der Waals surface area contributed by atoms with E-state index in [-0.39, 0.29) is 5.91 Å². The molecule has 1 N–H and O–H groups in total. The number of rotatable bonds is 3. The average Bonchev–Trinajstić information content (AvgIpc) is 2.41. The van der Waals surface area contributed by atoms with Crippen LogP contribution in [0, 0.1) is 5.92 Å². The molecule has 1 aromatic carbocycles. The molecule has 1 aliphatic carbocycles. The molecule has 0 unspecified atom stereocenters. The standard InChI is InChI=1S/C16H23NO/c1-3-13-8-10-14(11-9-13)16(18)17-15-7-5-4-6-12(15)2/h8-12,15H,3-7H2,1-2H3,(H,17,18)/t12-,15-/m1/s1. The van der Waals surface area contributed by atoms with E-state index in [0.717, 1.165) is 18.4 Å². The van der Waals surface area contributed by atoms with E-state index in [4.69, 9.17) is 0 Å². The van der Waals surface area contributed by atoms with E-state index in [1.807, 2.05) is 24.3 Å². The summed E-state index contributed by atoms with van der Waals surface area (Å²) < 4.78 is 0. The van der Waals surface area contributed by atoms with Gasteiger partial charge in [0.05, 0.1) is 0 Å². The van der Waals surface area contributed by atoms with Crippen LogP contribution in [-0.4, -0.2) is 11.9 Å². The van der Waals surface area contributed by atoms with E-state index in [0.29, 0.717) is 12.0 Å². The molecule has 1 amide bonds. The van der Waals surface area contributed by atoms with Crippen LogP contribution in [0.3, 0.4) is 0 Å². The Morgan fingerprint density at radius 3 is 2.50 bits per heavy atom. The lowest BCUT2D eigenvalue weighted by atomic mass is 9.86. The second-order valence-corrected chi connectivity index (χ2v) is 5.39. The van der Waals surface area contributed by atoms with Crippen molar-refractivity contribution in [2.75, 3.05) is 0 Å². The SMILES string of the molecule is CCc1ccc(C(=O)N[C@@H]2CCCC[C@H]2C)cc1. The van der Waals surface area contributed by atoms with E-state index in [1.54, 1.807) is 0 Å². The van der Waals surface area contributed by atoms with Crippen LogP contribution in [0.4, 0.5) is 0 Å². The molecule has 1 aliphatic rings. The fourth-order valence-corrected chi connectivity index (χ4v) is 2.67. The van der Waals surface area contributed by atoms with Gasteiger partial charge >= 0.3 is 0 Å². The zero-order valence-electron chi connectivity index (χ0n) is 11.4. The Bertz CT molecular complexity index is 396. The van der Waals surface area contributed by atoms with Crippen LogP contribution in [0.5, 0.6) is 0 Å². The first-order valence-corrected chi connectivity index (χ1v) is 7.10. The highest BCUT2D eigenvalue weighted by atomic mass is 16.1. The van der Waals surface area contributed by atoms with Crippen molar-refractivity contribution in [1.82, 2.24) is 5.32 Å². The summed E-state index contributed by atoms with van der Waals surface area (Å²) in [5, 5.41) is 3.18. The molecule has 1 aromatic rings. The van der Waals surface area contributed by atoms with Gasteiger partial charge in [-0.2, -0.15) is 0 Å². The molecule has 0 saturated heterocycles. The summed E-state index contributed by atoms with van der Waals surface area (Å²) in [5.41, 5.74) is 2.06. The molecule has 0 spiro atoms. The van der Waals surface area contributed by atoms with E-state index >= 15 is 0 Å². The number of aryl methyl sites for hydroxylation is 1. The molecule has 0 aliphatic heterocycles. The lowest BCUT2D eigenvalue weighted by molar-refractivity contribution is 0.0910. The lowest BCUT2D eigenvalue weighted by Gasteiger charge is -2.29. The predicted molar refractivity (Wildman–Crippen MR) is 74.7 cm³/mol. The van der Waals surface area contributed by atoms with E-state index in [9.17, 15) is 4.79 Å². The number of hydrogen-bond acceptors (Lipinski definition) is 1. The van der Waals surface area contributed by atoms with Gasteiger partial charge in [0.1, 0.15) is 0 Å². The van der Waals surface area contributed by atoms with Crippen LogP contribution < -0.4 is 5.32 Å². The summed E-state index contributed by atoms with van der Waals surface area (Å²) in [6.45, 7) is 4.36. The molecule has 1 fully saturated rings. The zero-order valence-corrected chi connectivity index (χ0v) is 11.4. The highest BCUT2D eigenvalue weighted by Gasteiger charge is 2.23. The maximum absolute atomic E-state index is 12.1. The van der Waals surface area contributed by atoms with Gasteiger partial charge in [0.15, 0.2) is 0 Å². The highest BCUT2D eigenvalue weighted by Crippen LogP contribution is 2.24. The molecule has 1 saturated carbocycles. The first-order valence-electron chi connectivity index (χ1n) is 7.10. The number of hydrogen-bond donors (Lipinski definition) is 1. The topological polar surface area (TPSA) is 29.1 Å². The van der Waals surface area contributed by atoms with Crippen LogP contribution in [-0.2, 0) is 6.42 Å². The van der Waals surface area contributed by atoms with Crippen molar-refractivity contribution in [3.63, 3.8) is 0 Å². The van der Waals surface area contributed by atoms with Gasteiger partial charge in [-0.05, 0) is 42.9 Å². The molecule has 2 heteroatoms. The largest absolute Gasteiger partial charge is 0.349 e. The molecule has 98 valence electrons. The number of nitrogens with one attached hydrogen (secondary N) is 1. The Morgan fingerprint density at radius 1 is 1.22 bits per heavy atom. The second kappa shape index (κ2) is 6.03. The fraction of sp³-hybridized carbons (Fsp3) is 0.562. The molecule has 0 heterocycles. The van der Waals surface area contributed by atoms with Crippen molar-refractivity contribution in [3.8, 4) is 0 Å². The van der Waals surface area contributed by atoms with Crippen molar-refractivity contribution >= 4 is 5.91 Å². The Morgan fingerprint density at radius 2 is 1.89 bits per heavy atom. The summed E-state index contributed by atoms with van der Waals surface area (Å²) in [6, 6.07) is 8.30. The van der Waals surface area contributed by atoms with Gasteiger partial charge in [-0.15, -0.1) is 0 Å². The molecular formula is C16H23NO. The van der Waals surface area contributed by atoms with Crippen LogP contribution in [0.2, 0.25) is 0 Å². The van der Waals surface area contributed by atoms with Crippen molar-refractivity contribution < 1.29 is 4.79 Å². The van der Waals surface area contributed by atoms with Gasteiger partial charge in [-0.1, -0.05) is 38.8 Å². The van der Waals surface area contributed by atoms with Gasteiger partial charge < -0.3 is 5.32 Å². The van der Waals surface area contributed by atoms with Gasteiger partial charge in [0, 0.05) is 11.6 Å². The van der Waals surface area contributed by atoms with Gasteiger partial charge in [-0.25, -0.2) is 0 Å². The zero-order chi connectivity index (χ0) is 13.0. The predicted octanol–water partition coefficient (Wildman–Crippen LogP) is 3.56. The average molecular weight is 245 g/mol. The third-order valence-electron chi connectivity index (χ3n) is 4.05. The summed E-state index contributed by atoms with van der Waals surface area (Å²) in [5.74, 6) is 0.689. The molecule has 2 atom stereocenters. The monoisotopic (exact) mass is 245 g/mol. The molecule has 0 bridgehead atoms. The molecule has 0 aromatic heterocycles. The molecular weight excluding hydrogens is 222 g/mol. The maximum Gasteiger partial charge on any atom is 0.251 e. The molecule has 2 rings (SSSR count). The molecule has 0 radical (unpaired) electrons. The number of carbonyl (C=O) groups excluding carboxylic acids is 1. The van der Waals surface area contributed by atoms with Gasteiger partial charge in [-0.3, -0.25) is 4.79 Å². The number of benzene rings is 1. The highest BCUT2D eigenvalue weighted by molar-refractivity contribution is 5.94. The smallest absolute Gasteiger partial charge is 0.251 e. The quantitative estimate of drug-likeness (QED) is 0.866. The number of carbonyl (C=O) groups is 1. The van der Waals surface area contributed by atoms with Crippen LogP contribution >= 0.6 is 0 Å². The van der Waals surface area contributed by atoms with Crippen LogP contribution in [0.1, 0.15) is 55.5 Å². The maximum atomic E-state index is 12.1. The summed E-state index contributed by atoms with van der Waals surface area (Å²) in [7, 11) is 0. The van der Waals surface area contributed by atoms with E-state index < -0.39 is 0 Å². The van der Waals surface area contributed by atoms with Crippen molar-refractivity contribution in [3.05, 3.63) is 35.4 Å². The minimum atomic E-state index is 0.0800. The Balaban J connectivity index is 1.97. The molecule has 2 nitrogen and oxygen atoms in total. The van der Waals surface area contributed by atoms with Crippen LogP contribution in [0.15, 0.2) is 24.3 Å². The first-order chi connectivity index (χ1) is 8.70. The van der Waals surface area contributed by atoms with Crippen molar-refractivity contribution in [2.45, 2.75) is 52.0 Å². The second-order valence-electron chi connectivity index (χ2n) is 5.39. The summed E-state index contributed by atoms with van der Waals surface area (Å²) in [4.78, 5) is 12.1. The van der Waals surface area contributed by atoms with Crippen molar-refractivity contribution in [2.24, 2.45) is 5.92 Å². The fourth-order valence-electron chi connectivity index (χ4n) is 2.67. The summed E-state index contributed by atoms with van der Waals surface area (Å²) in [6.07, 6.45) is 5.92. The van der Waals surface area contributed by atoms with E-state index in [1.165, 1.54) is 24.8 Å². The Hall–Kier alpha value is -1.31. The first kappa shape index (κ1) is 13.1. The molecule has 18 heavy (non-hydrogen) atoms. The minimum absolute atomic E-state index is 0.0800. The Labute approximate surface area is 110 Å². The van der Waals surface area contributed by atoms with Crippen LogP contribution in [0.25, 0.3) is 0 Å². The summed E-state index contributed by atoms with van der Waals surface area (Å²) >= 11 is 0. The lowest BCUT2D eigenvalue weighted by Crippen LogP contribution is -2.41. The third-order valence-corrected chi connectivity index (χ3v) is 4.05. The van der Waals surface area contributed by atoms with Crippen molar-refractivity contribution in [1.29, 1.82) is 0 Å². The van der Waals surface area contributed by atoms with E-state index in [2.05, 4.69) is 19.2 Å². The third kappa shape index (κ3) is 3.12. The normalized spacial score (nSPS) is 23.7.